The zero-order chi connectivity index (χ0) is 24.6. The minimum atomic E-state index is 0.398. The van der Waals surface area contributed by atoms with Crippen LogP contribution in [-0.2, 0) is 13.0 Å². The lowest BCUT2D eigenvalue weighted by molar-refractivity contribution is 0.204. The lowest BCUT2D eigenvalue weighted by atomic mass is 9.87. The van der Waals surface area contributed by atoms with Gasteiger partial charge in [-0.3, -0.25) is 4.90 Å². The maximum Gasteiger partial charge on any atom is 0.155 e. The smallest absolute Gasteiger partial charge is 0.155 e. The number of nitrogens with zero attached hydrogens (tertiary/aromatic N) is 6. The fourth-order valence-corrected chi connectivity index (χ4v) is 5.81. The maximum absolute atomic E-state index is 4.40. The zero-order valence-corrected chi connectivity index (χ0v) is 21.3. The van der Waals surface area contributed by atoms with Crippen molar-refractivity contribution < 1.29 is 0 Å². The predicted octanol–water partition coefficient (Wildman–Crippen LogP) is 5.73. The van der Waals surface area contributed by atoms with Crippen molar-refractivity contribution in [1.29, 1.82) is 0 Å². The number of pyridine rings is 1. The van der Waals surface area contributed by atoms with Crippen LogP contribution < -0.4 is 0 Å². The van der Waals surface area contributed by atoms with E-state index >= 15 is 0 Å². The second-order valence-electron chi connectivity index (χ2n) is 10.3. The van der Waals surface area contributed by atoms with Crippen LogP contribution >= 0.6 is 0 Å². The molecule has 0 aliphatic carbocycles. The molecule has 5 aromatic rings. The van der Waals surface area contributed by atoms with Gasteiger partial charge in [-0.25, -0.2) is 19.5 Å². The van der Waals surface area contributed by atoms with E-state index in [1.54, 1.807) is 12.7 Å². The summed E-state index contributed by atoms with van der Waals surface area (Å²) in [5.74, 6) is 0.990. The largest absolute Gasteiger partial charge is 0.354 e. The van der Waals surface area contributed by atoms with Crippen LogP contribution in [0.4, 0.5) is 0 Å². The van der Waals surface area contributed by atoms with Crippen molar-refractivity contribution in [2.45, 2.75) is 58.4 Å². The molecule has 1 N–H and O–H groups in total. The van der Waals surface area contributed by atoms with Gasteiger partial charge in [0.15, 0.2) is 5.65 Å². The first-order chi connectivity index (χ1) is 17.6. The number of H-pyrrole nitrogens is 1. The van der Waals surface area contributed by atoms with E-state index in [2.05, 4.69) is 81.2 Å². The number of rotatable bonds is 6. The third-order valence-electron chi connectivity index (χ3n) is 7.67. The highest BCUT2D eigenvalue weighted by molar-refractivity contribution is 5.92. The third-order valence-corrected chi connectivity index (χ3v) is 7.67. The van der Waals surface area contributed by atoms with Crippen molar-refractivity contribution in [2.75, 3.05) is 13.1 Å². The van der Waals surface area contributed by atoms with Gasteiger partial charge in [0.1, 0.15) is 12.7 Å². The number of aryl methyl sites for hydroxylation is 1. The van der Waals surface area contributed by atoms with Crippen molar-refractivity contribution in [3.8, 4) is 11.3 Å². The fourth-order valence-electron chi connectivity index (χ4n) is 5.81. The molecule has 36 heavy (non-hydrogen) atoms. The Balaban J connectivity index is 1.31. The first-order valence-corrected chi connectivity index (χ1v) is 13.0. The van der Waals surface area contributed by atoms with E-state index in [1.165, 1.54) is 57.3 Å². The number of aromatic amines is 1. The van der Waals surface area contributed by atoms with Crippen molar-refractivity contribution in [1.82, 2.24) is 34.4 Å². The topological polar surface area (TPSA) is 75.0 Å². The predicted molar refractivity (Wildman–Crippen MR) is 143 cm³/mol. The quantitative estimate of drug-likeness (QED) is 0.336. The van der Waals surface area contributed by atoms with Gasteiger partial charge in [0, 0.05) is 47.2 Å². The summed E-state index contributed by atoms with van der Waals surface area (Å²) in [5, 5.41) is 5.75. The normalized spacial score (nSPS) is 15.4. The van der Waals surface area contributed by atoms with E-state index in [-0.39, 0.29) is 0 Å². The van der Waals surface area contributed by atoms with Crippen LogP contribution in [0, 0.1) is 0 Å². The summed E-state index contributed by atoms with van der Waals surface area (Å²) >= 11 is 0. The first-order valence-electron chi connectivity index (χ1n) is 13.0. The second kappa shape index (κ2) is 9.47. The summed E-state index contributed by atoms with van der Waals surface area (Å²) in [4.78, 5) is 19.0. The van der Waals surface area contributed by atoms with Gasteiger partial charge < -0.3 is 4.98 Å². The fraction of sp³-hybridized carbons (Fsp3) is 0.379. The zero-order valence-electron chi connectivity index (χ0n) is 21.3. The molecule has 1 saturated heterocycles. The second-order valence-corrected chi connectivity index (χ2v) is 10.3. The Morgan fingerprint density at radius 2 is 1.86 bits per heavy atom. The molecule has 4 aromatic heterocycles. The van der Waals surface area contributed by atoms with E-state index in [4.69, 9.17) is 0 Å². The Morgan fingerprint density at radius 3 is 2.61 bits per heavy atom. The third kappa shape index (κ3) is 4.17. The van der Waals surface area contributed by atoms with E-state index in [0.717, 1.165) is 31.7 Å². The number of hydrogen-bond acceptors (Lipinski definition) is 5. The highest BCUT2D eigenvalue weighted by atomic mass is 15.3. The maximum atomic E-state index is 4.40. The summed E-state index contributed by atoms with van der Waals surface area (Å²) in [6, 6.07) is 9.24. The van der Waals surface area contributed by atoms with Gasteiger partial charge >= 0.3 is 0 Å². The molecule has 0 saturated carbocycles. The molecular weight excluding hydrogens is 446 g/mol. The number of nitrogens with one attached hydrogen (secondary N) is 1. The van der Waals surface area contributed by atoms with Gasteiger partial charge in [0.25, 0.3) is 0 Å². The van der Waals surface area contributed by atoms with Crippen molar-refractivity contribution in [3.63, 3.8) is 0 Å². The van der Waals surface area contributed by atoms with Gasteiger partial charge in [-0.2, -0.15) is 5.10 Å². The Morgan fingerprint density at radius 1 is 1.06 bits per heavy atom. The lowest BCUT2D eigenvalue weighted by Crippen LogP contribution is -2.32. The van der Waals surface area contributed by atoms with Gasteiger partial charge in [-0.05, 0) is 79.1 Å². The summed E-state index contributed by atoms with van der Waals surface area (Å²) in [6.07, 6.45) is 12.5. The molecule has 0 unspecified atom stereocenters. The lowest BCUT2D eigenvalue weighted by Gasteiger charge is -2.32. The molecule has 0 amide bonds. The molecule has 6 rings (SSSR count). The number of hydrogen-bond donors (Lipinski definition) is 1. The average Bonchev–Trinajstić information content (AvgIpc) is 3.52. The van der Waals surface area contributed by atoms with Crippen LogP contribution in [0.1, 0.15) is 67.7 Å². The SMILES string of the molecule is CCc1cc2ncnn2cc1-c1[nH]c2ccc(C3CCN(Cc4cncnc4)CC3)cc2c1C(C)C. The molecule has 0 atom stereocenters. The van der Waals surface area contributed by atoms with Crippen molar-refractivity contribution in [2.24, 2.45) is 0 Å². The van der Waals surface area contributed by atoms with Crippen LogP contribution in [0.25, 0.3) is 27.8 Å². The number of piperidine rings is 1. The van der Waals surface area contributed by atoms with Crippen LogP contribution in [0.2, 0.25) is 0 Å². The minimum Gasteiger partial charge on any atom is -0.354 e. The molecule has 7 heteroatoms. The molecular formula is C29H33N7. The molecule has 1 aliphatic heterocycles. The molecule has 184 valence electrons. The molecule has 0 spiro atoms. The summed E-state index contributed by atoms with van der Waals surface area (Å²) < 4.78 is 1.88. The molecule has 7 nitrogen and oxygen atoms in total. The molecule has 1 aromatic carbocycles. The summed E-state index contributed by atoms with van der Waals surface area (Å²) in [7, 11) is 0. The molecule has 0 bridgehead atoms. The first kappa shape index (κ1) is 22.9. The Hall–Kier alpha value is -3.58. The van der Waals surface area contributed by atoms with E-state index in [9.17, 15) is 0 Å². The molecule has 5 heterocycles. The van der Waals surface area contributed by atoms with Gasteiger partial charge in [0.05, 0.1) is 5.69 Å². The monoisotopic (exact) mass is 479 g/mol. The van der Waals surface area contributed by atoms with Crippen LogP contribution in [0.5, 0.6) is 0 Å². The Bertz CT molecular complexity index is 1490. The van der Waals surface area contributed by atoms with E-state index < -0.39 is 0 Å². The van der Waals surface area contributed by atoms with Crippen molar-refractivity contribution in [3.05, 3.63) is 77.8 Å². The van der Waals surface area contributed by atoms with Crippen LogP contribution in [-0.4, -0.2) is 47.5 Å². The Kier molecular flexibility index (Phi) is 6.01. The van der Waals surface area contributed by atoms with Crippen LogP contribution in [0.15, 0.2) is 55.5 Å². The minimum absolute atomic E-state index is 0.398. The number of benzene rings is 1. The number of likely N-dealkylation sites (tertiary alicyclic amines) is 1. The summed E-state index contributed by atoms with van der Waals surface area (Å²) in [5.41, 5.74) is 9.87. The van der Waals surface area contributed by atoms with Crippen molar-refractivity contribution >= 4 is 16.6 Å². The number of fused-ring (bicyclic) bond motifs is 2. The highest BCUT2D eigenvalue weighted by Gasteiger charge is 2.24. The summed E-state index contributed by atoms with van der Waals surface area (Å²) in [6.45, 7) is 9.93. The van der Waals surface area contributed by atoms with Gasteiger partial charge in [-0.1, -0.05) is 26.8 Å². The average molecular weight is 480 g/mol. The van der Waals surface area contributed by atoms with E-state index in [0.29, 0.717) is 11.8 Å². The molecule has 1 aliphatic rings. The standard InChI is InChI=1S/C29H33N7/c1-4-21-12-27-32-18-33-36(27)16-25(21)29-28(19(2)3)24-11-23(5-6-26(24)34-29)22-7-9-35(10-8-22)15-20-13-30-17-31-14-20/h5-6,11-14,16-19,22,34H,4,7-10,15H2,1-3H3. The highest BCUT2D eigenvalue weighted by Crippen LogP contribution is 2.39. The molecule has 1 fully saturated rings. The van der Waals surface area contributed by atoms with E-state index in [1.807, 2.05) is 16.9 Å². The van der Waals surface area contributed by atoms with Crippen LogP contribution in [0.3, 0.4) is 0 Å². The van der Waals surface area contributed by atoms with Gasteiger partial charge in [0.2, 0.25) is 0 Å². The molecule has 0 radical (unpaired) electrons. The number of aromatic nitrogens is 6. The van der Waals surface area contributed by atoms with Gasteiger partial charge in [-0.15, -0.1) is 0 Å². The Labute approximate surface area is 211 Å².